The first-order chi connectivity index (χ1) is 14.4. The van der Waals surface area contributed by atoms with Crippen LogP contribution in [-0.2, 0) is 4.74 Å². The van der Waals surface area contributed by atoms with Crippen molar-refractivity contribution in [1.82, 2.24) is 0 Å². The largest absolute Gasteiger partial charge is 0.400 e. The van der Waals surface area contributed by atoms with Gasteiger partial charge in [0.2, 0.25) is 0 Å². The van der Waals surface area contributed by atoms with Gasteiger partial charge in [0.05, 0.1) is 11.4 Å². The molecule has 3 nitrogen and oxygen atoms in total. The fourth-order valence-electron chi connectivity index (χ4n) is 3.01. The van der Waals surface area contributed by atoms with Crippen LogP contribution in [-0.4, -0.2) is 30.4 Å². The molecule has 0 bridgehead atoms. The Morgan fingerprint density at radius 3 is 1.93 bits per heavy atom. The third kappa shape index (κ3) is 6.30. The maximum absolute atomic E-state index is 13.1. The van der Waals surface area contributed by atoms with Crippen LogP contribution in [0.2, 0.25) is 0 Å². The van der Waals surface area contributed by atoms with Crippen molar-refractivity contribution >= 4 is 17.5 Å². The summed E-state index contributed by atoms with van der Waals surface area (Å²) in [5.41, 5.74) is -0.112. The number of benzene rings is 2. The predicted octanol–water partition coefficient (Wildman–Crippen LogP) is 6.63. The van der Waals surface area contributed by atoms with E-state index in [1.165, 1.54) is 31.0 Å². The van der Waals surface area contributed by atoms with E-state index < -0.39 is 35.3 Å². The normalized spacial score (nSPS) is 15.8. The lowest BCUT2D eigenvalue weighted by atomic mass is 9.97. The number of alkyl halides is 4. The van der Waals surface area contributed by atoms with E-state index in [-0.39, 0.29) is 17.8 Å². The van der Waals surface area contributed by atoms with Crippen molar-refractivity contribution in [1.29, 1.82) is 0 Å². The molecule has 2 aromatic rings. The standard InChI is InChI=1S/C19H16F4O2S.C2H6.CH4O/c1-25-14(9-16-17(24)13-4-2-3-5-15(13)26-16)10-6-11(18(20)21)8-12(7-10)19(22)23;2*1-2/h2-8,14,16,18-19H,9H2,1H3;1-2H3;2H,1H3. The SMILES string of the molecule is CC.CO.COC(CC1Sc2ccccc2C1=O)c1cc(C(F)F)cc(C(F)F)c1. The van der Waals surface area contributed by atoms with Crippen LogP contribution in [0.15, 0.2) is 47.4 Å². The molecule has 1 aliphatic heterocycles. The summed E-state index contributed by atoms with van der Waals surface area (Å²) in [6, 6.07) is 10.3. The zero-order chi connectivity index (χ0) is 22.8. The first-order valence-corrected chi connectivity index (χ1v) is 10.3. The zero-order valence-corrected chi connectivity index (χ0v) is 18.1. The van der Waals surface area contributed by atoms with E-state index in [4.69, 9.17) is 9.84 Å². The van der Waals surface area contributed by atoms with E-state index >= 15 is 0 Å². The monoisotopic (exact) mass is 446 g/mol. The van der Waals surface area contributed by atoms with E-state index in [2.05, 4.69) is 0 Å². The Balaban J connectivity index is 0.00000106. The Bertz CT molecular complexity index is 788. The number of thioether (sulfide) groups is 1. The van der Waals surface area contributed by atoms with Gasteiger partial charge in [-0.2, -0.15) is 0 Å². The van der Waals surface area contributed by atoms with Crippen LogP contribution in [0.3, 0.4) is 0 Å². The first-order valence-electron chi connectivity index (χ1n) is 9.39. The van der Waals surface area contributed by atoms with Gasteiger partial charge in [-0.15, -0.1) is 11.8 Å². The Morgan fingerprint density at radius 2 is 1.47 bits per heavy atom. The minimum absolute atomic E-state index is 0.0632. The van der Waals surface area contributed by atoms with Gasteiger partial charge in [-0.1, -0.05) is 32.0 Å². The van der Waals surface area contributed by atoms with Crippen molar-refractivity contribution in [2.45, 2.75) is 49.4 Å². The number of carbonyl (C=O) groups is 1. The zero-order valence-electron chi connectivity index (χ0n) is 17.2. The van der Waals surface area contributed by atoms with Gasteiger partial charge in [0.15, 0.2) is 5.78 Å². The summed E-state index contributed by atoms with van der Waals surface area (Å²) in [6.45, 7) is 4.00. The lowest BCUT2D eigenvalue weighted by molar-refractivity contribution is 0.0827. The van der Waals surface area contributed by atoms with Crippen LogP contribution in [0.25, 0.3) is 0 Å². The molecule has 2 atom stereocenters. The maximum atomic E-state index is 13.1. The summed E-state index contributed by atoms with van der Waals surface area (Å²) in [5, 5.41) is 6.56. The highest BCUT2D eigenvalue weighted by molar-refractivity contribution is 8.01. The van der Waals surface area contributed by atoms with E-state index in [0.29, 0.717) is 5.56 Å². The average Bonchev–Trinajstić information content (AvgIpc) is 3.10. The molecule has 1 N–H and O–H groups in total. The van der Waals surface area contributed by atoms with Gasteiger partial charge in [-0.3, -0.25) is 4.79 Å². The minimum atomic E-state index is -2.86. The molecule has 2 aromatic carbocycles. The lowest BCUT2D eigenvalue weighted by Gasteiger charge is -2.20. The summed E-state index contributed by atoms with van der Waals surface area (Å²) in [7, 11) is 2.37. The van der Waals surface area contributed by atoms with Crippen molar-refractivity contribution < 1.29 is 32.2 Å². The topological polar surface area (TPSA) is 46.5 Å². The van der Waals surface area contributed by atoms with Gasteiger partial charge in [0.1, 0.15) is 0 Å². The summed E-state index contributed by atoms with van der Waals surface area (Å²) in [6.07, 6.45) is -6.25. The van der Waals surface area contributed by atoms with E-state index in [1.54, 1.807) is 12.1 Å². The molecule has 3 rings (SSSR count). The van der Waals surface area contributed by atoms with Crippen LogP contribution in [0.5, 0.6) is 0 Å². The summed E-state index contributed by atoms with van der Waals surface area (Å²) < 4.78 is 57.6. The second kappa shape index (κ2) is 12.7. The number of methoxy groups -OCH3 is 1. The van der Waals surface area contributed by atoms with Crippen LogP contribution in [0.1, 0.15) is 66.3 Å². The molecule has 30 heavy (non-hydrogen) atoms. The molecular formula is C22H26F4O3S. The van der Waals surface area contributed by atoms with Gasteiger partial charge in [0.25, 0.3) is 12.9 Å². The third-order valence-electron chi connectivity index (χ3n) is 4.30. The van der Waals surface area contributed by atoms with Gasteiger partial charge in [-0.05, 0) is 36.2 Å². The molecule has 0 amide bonds. The number of hydrogen-bond acceptors (Lipinski definition) is 4. The molecule has 0 saturated heterocycles. The van der Waals surface area contributed by atoms with Crippen LogP contribution >= 0.6 is 11.8 Å². The molecule has 1 heterocycles. The molecule has 0 fully saturated rings. The van der Waals surface area contributed by atoms with Crippen molar-refractivity contribution in [3.05, 3.63) is 64.7 Å². The Morgan fingerprint density at radius 1 is 0.967 bits per heavy atom. The summed E-state index contributed by atoms with van der Waals surface area (Å²) in [4.78, 5) is 13.4. The van der Waals surface area contributed by atoms with E-state index in [1.807, 2.05) is 26.0 Å². The highest BCUT2D eigenvalue weighted by atomic mass is 32.2. The van der Waals surface area contributed by atoms with Crippen LogP contribution < -0.4 is 0 Å². The highest BCUT2D eigenvalue weighted by Crippen LogP contribution is 2.42. The van der Waals surface area contributed by atoms with Gasteiger partial charge >= 0.3 is 0 Å². The smallest absolute Gasteiger partial charge is 0.263 e. The third-order valence-corrected chi connectivity index (χ3v) is 5.60. The molecule has 0 spiro atoms. The minimum Gasteiger partial charge on any atom is -0.400 e. The average molecular weight is 447 g/mol. The number of aliphatic hydroxyl groups is 1. The quantitative estimate of drug-likeness (QED) is 0.506. The predicted molar refractivity (Wildman–Crippen MR) is 111 cm³/mol. The highest BCUT2D eigenvalue weighted by Gasteiger charge is 2.33. The number of ether oxygens (including phenoxy) is 1. The number of hydrogen-bond donors (Lipinski definition) is 1. The number of carbonyl (C=O) groups excluding carboxylic acids is 1. The van der Waals surface area contributed by atoms with E-state index in [0.717, 1.165) is 18.1 Å². The molecule has 0 radical (unpaired) electrons. The maximum Gasteiger partial charge on any atom is 0.263 e. The fourth-order valence-corrected chi connectivity index (χ4v) is 4.28. The fraction of sp³-hybridized carbons (Fsp3) is 0.409. The number of halogens is 4. The molecule has 0 aromatic heterocycles. The number of ketones is 1. The molecule has 1 aliphatic rings. The Hall–Kier alpha value is -1.90. The summed E-state index contributed by atoms with van der Waals surface area (Å²) in [5.74, 6) is -0.0632. The van der Waals surface area contributed by atoms with Gasteiger partial charge in [0, 0.05) is 35.8 Å². The Kier molecular flexibility index (Phi) is 11.1. The van der Waals surface area contributed by atoms with Crippen molar-refractivity contribution in [2.24, 2.45) is 0 Å². The second-order valence-electron chi connectivity index (χ2n) is 5.96. The van der Waals surface area contributed by atoms with Crippen molar-refractivity contribution in [3.63, 3.8) is 0 Å². The lowest BCUT2D eigenvalue weighted by Crippen LogP contribution is -2.17. The van der Waals surface area contributed by atoms with Gasteiger partial charge < -0.3 is 9.84 Å². The van der Waals surface area contributed by atoms with Crippen LogP contribution in [0, 0.1) is 0 Å². The molecule has 0 saturated carbocycles. The number of aliphatic hydroxyl groups excluding tert-OH is 1. The van der Waals surface area contributed by atoms with Crippen molar-refractivity contribution in [2.75, 3.05) is 14.2 Å². The number of rotatable bonds is 6. The van der Waals surface area contributed by atoms with E-state index in [9.17, 15) is 22.4 Å². The molecule has 2 unspecified atom stereocenters. The summed E-state index contributed by atoms with van der Waals surface area (Å²) >= 11 is 1.38. The second-order valence-corrected chi connectivity index (χ2v) is 7.21. The van der Waals surface area contributed by atoms with Crippen molar-refractivity contribution in [3.8, 4) is 0 Å². The molecule has 8 heteroatoms. The van der Waals surface area contributed by atoms with Gasteiger partial charge in [-0.25, -0.2) is 17.6 Å². The Labute approximate surface area is 178 Å². The molecule has 166 valence electrons. The molecular weight excluding hydrogens is 420 g/mol. The number of Topliss-reactive ketones (excluding diaryl/α,β-unsaturated/α-hetero) is 1. The molecule has 0 aliphatic carbocycles. The van der Waals surface area contributed by atoms with Crippen LogP contribution in [0.4, 0.5) is 17.6 Å². The number of fused-ring (bicyclic) bond motifs is 1. The first kappa shape index (κ1) is 26.1.